The van der Waals surface area contributed by atoms with Gasteiger partial charge in [0.1, 0.15) is 0 Å². The van der Waals surface area contributed by atoms with E-state index in [1.807, 2.05) is 45.0 Å². The van der Waals surface area contributed by atoms with Gasteiger partial charge in [-0.25, -0.2) is 4.79 Å². The van der Waals surface area contributed by atoms with Gasteiger partial charge in [-0.1, -0.05) is 17.7 Å². The van der Waals surface area contributed by atoms with Crippen molar-refractivity contribution >= 4 is 23.3 Å². The predicted octanol–water partition coefficient (Wildman–Crippen LogP) is 3.97. The van der Waals surface area contributed by atoms with Crippen molar-refractivity contribution in [1.82, 2.24) is 5.06 Å². The monoisotopic (exact) mass is 324 g/mol. The molecule has 1 heterocycles. The highest BCUT2D eigenvalue weighted by Crippen LogP contribution is 2.22. The first kappa shape index (κ1) is 17.1. The lowest BCUT2D eigenvalue weighted by molar-refractivity contribution is -0.205. The molecule has 1 aliphatic rings. The molecule has 0 spiro atoms. The number of nitrogens with zero attached hydrogens (tertiary/aromatic N) is 1. The number of hydrogen-bond acceptors (Lipinski definition) is 4. The number of anilines is 1. The molecular formula is C17H25ClN2O2. The molecule has 0 unspecified atom stereocenters. The molecular weight excluding hydrogens is 300 g/mol. The van der Waals surface area contributed by atoms with E-state index in [0.717, 1.165) is 43.2 Å². The topological polar surface area (TPSA) is 41.6 Å². The number of halogens is 1. The average Bonchev–Trinajstić information content (AvgIpc) is 2.45. The Morgan fingerprint density at radius 3 is 2.64 bits per heavy atom. The van der Waals surface area contributed by atoms with Gasteiger partial charge in [-0.2, -0.15) is 0 Å². The van der Waals surface area contributed by atoms with Crippen LogP contribution in [-0.2, 0) is 9.63 Å². The highest BCUT2D eigenvalue weighted by atomic mass is 35.5. The zero-order valence-corrected chi connectivity index (χ0v) is 14.3. The Bertz CT molecular complexity index is 506. The molecule has 122 valence electrons. The lowest BCUT2D eigenvalue weighted by atomic mass is 9.97. The van der Waals surface area contributed by atoms with Crippen LogP contribution < -0.4 is 5.32 Å². The largest absolute Gasteiger partial charge is 0.385 e. The normalized spacial score (nSPS) is 17.3. The predicted molar refractivity (Wildman–Crippen MR) is 89.8 cm³/mol. The van der Waals surface area contributed by atoms with Crippen molar-refractivity contribution in [3.8, 4) is 0 Å². The quantitative estimate of drug-likeness (QED) is 0.910. The summed E-state index contributed by atoms with van der Waals surface area (Å²) in [5.41, 5.74) is 0.597. The molecule has 0 aliphatic carbocycles. The summed E-state index contributed by atoms with van der Waals surface area (Å²) in [5, 5.41) is 5.96. The highest BCUT2D eigenvalue weighted by molar-refractivity contribution is 6.30. The second-order valence-electron chi connectivity index (χ2n) is 6.89. The molecule has 0 amide bonds. The van der Waals surface area contributed by atoms with Crippen molar-refractivity contribution in [3.05, 3.63) is 29.3 Å². The van der Waals surface area contributed by atoms with Gasteiger partial charge < -0.3 is 10.2 Å². The summed E-state index contributed by atoms with van der Waals surface area (Å²) in [6.45, 7) is 8.12. The smallest absolute Gasteiger partial charge is 0.330 e. The van der Waals surface area contributed by atoms with Gasteiger partial charge in [0.15, 0.2) is 0 Å². The minimum absolute atomic E-state index is 0.164. The van der Waals surface area contributed by atoms with Gasteiger partial charge in [-0.15, -0.1) is 5.06 Å². The molecule has 0 bridgehead atoms. The molecule has 4 nitrogen and oxygen atoms in total. The summed E-state index contributed by atoms with van der Waals surface area (Å²) in [4.78, 5) is 17.3. The van der Waals surface area contributed by atoms with Crippen molar-refractivity contribution in [2.24, 2.45) is 11.3 Å². The summed E-state index contributed by atoms with van der Waals surface area (Å²) in [5.74, 6) is 0.423. The first-order valence-electron chi connectivity index (χ1n) is 7.81. The number of carbonyl (C=O) groups is 1. The van der Waals surface area contributed by atoms with E-state index in [9.17, 15) is 4.79 Å². The van der Waals surface area contributed by atoms with Gasteiger partial charge in [0.05, 0.1) is 5.41 Å². The number of nitrogens with one attached hydrogen (secondary N) is 1. The Balaban J connectivity index is 1.72. The summed E-state index contributed by atoms with van der Waals surface area (Å²) in [6, 6.07) is 7.77. The van der Waals surface area contributed by atoms with Crippen LogP contribution in [0.3, 0.4) is 0 Å². The Hall–Kier alpha value is -1.26. The molecule has 0 atom stereocenters. The fourth-order valence-electron chi connectivity index (χ4n) is 2.32. The first-order chi connectivity index (χ1) is 10.3. The maximum Gasteiger partial charge on any atom is 0.330 e. The molecule has 0 saturated carbocycles. The third kappa shape index (κ3) is 5.18. The maximum absolute atomic E-state index is 11.9. The second-order valence-corrected chi connectivity index (χ2v) is 7.33. The summed E-state index contributed by atoms with van der Waals surface area (Å²) < 4.78 is 0. The van der Waals surface area contributed by atoms with Gasteiger partial charge >= 0.3 is 5.97 Å². The van der Waals surface area contributed by atoms with Crippen molar-refractivity contribution in [1.29, 1.82) is 0 Å². The van der Waals surface area contributed by atoms with Crippen LogP contribution in [0, 0.1) is 11.3 Å². The zero-order chi connectivity index (χ0) is 16.2. The van der Waals surface area contributed by atoms with E-state index in [1.54, 1.807) is 5.06 Å². The SMILES string of the molecule is CC(C)(C)C(=O)ON1CCC(CNc2cccc(Cl)c2)CC1. The fraction of sp³-hybridized carbons (Fsp3) is 0.588. The van der Waals surface area contributed by atoms with E-state index in [1.165, 1.54) is 0 Å². The Kier molecular flexibility index (Phi) is 5.70. The molecule has 1 fully saturated rings. The van der Waals surface area contributed by atoms with Gasteiger partial charge in [0.25, 0.3) is 0 Å². The van der Waals surface area contributed by atoms with E-state index in [4.69, 9.17) is 16.4 Å². The number of hydroxylamine groups is 2. The van der Waals surface area contributed by atoms with Crippen molar-refractivity contribution in [3.63, 3.8) is 0 Å². The van der Waals surface area contributed by atoms with E-state index in [2.05, 4.69) is 5.32 Å². The fourth-order valence-corrected chi connectivity index (χ4v) is 2.51. The van der Waals surface area contributed by atoms with Crippen LogP contribution in [0.5, 0.6) is 0 Å². The van der Waals surface area contributed by atoms with Gasteiger partial charge in [0, 0.05) is 30.3 Å². The molecule has 2 rings (SSSR count). The number of hydrogen-bond donors (Lipinski definition) is 1. The molecule has 1 aromatic carbocycles. The molecule has 0 radical (unpaired) electrons. The minimum Gasteiger partial charge on any atom is -0.385 e. The van der Waals surface area contributed by atoms with Gasteiger partial charge in [-0.3, -0.25) is 0 Å². The Morgan fingerprint density at radius 2 is 2.05 bits per heavy atom. The van der Waals surface area contributed by atoms with Crippen LogP contribution in [0.1, 0.15) is 33.6 Å². The summed E-state index contributed by atoms with van der Waals surface area (Å²) in [6.07, 6.45) is 2.04. The Labute approximate surface area is 137 Å². The number of benzene rings is 1. The highest BCUT2D eigenvalue weighted by Gasteiger charge is 2.28. The van der Waals surface area contributed by atoms with E-state index >= 15 is 0 Å². The molecule has 1 N–H and O–H groups in total. The number of carbonyl (C=O) groups excluding carboxylic acids is 1. The van der Waals surface area contributed by atoms with Crippen LogP contribution >= 0.6 is 11.6 Å². The van der Waals surface area contributed by atoms with E-state index in [0.29, 0.717) is 5.92 Å². The number of piperidine rings is 1. The minimum atomic E-state index is -0.453. The van der Waals surface area contributed by atoms with Crippen LogP contribution in [0.15, 0.2) is 24.3 Å². The molecule has 1 saturated heterocycles. The Morgan fingerprint density at radius 1 is 1.36 bits per heavy atom. The molecule has 1 aromatic rings. The van der Waals surface area contributed by atoms with Gasteiger partial charge in [0.2, 0.25) is 0 Å². The summed E-state index contributed by atoms with van der Waals surface area (Å²) in [7, 11) is 0. The van der Waals surface area contributed by atoms with E-state index in [-0.39, 0.29) is 5.97 Å². The lowest BCUT2D eigenvalue weighted by Gasteiger charge is -2.32. The third-order valence-corrected chi connectivity index (χ3v) is 4.05. The van der Waals surface area contributed by atoms with Crippen molar-refractivity contribution in [2.75, 3.05) is 25.0 Å². The van der Waals surface area contributed by atoms with Crippen LogP contribution in [0.2, 0.25) is 5.02 Å². The third-order valence-electron chi connectivity index (χ3n) is 3.82. The van der Waals surface area contributed by atoms with Crippen molar-refractivity contribution < 1.29 is 9.63 Å². The summed E-state index contributed by atoms with van der Waals surface area (Å²) >= 11 is 5.98. The van der Waals surface area contributed by atoms with Crippen LogP contribution in [-0.4, -0.2) is 30.7 Å². The zero-order valence-electron chi connectivity index (χ0n) is 13.6. The standard InChI is InChI=1S/C17H25ClN2O2/c1-17(2,3)16(21)22-20-9-7-13(8-10-20)12-19-15-6-4-5-14(18)11-15/h4-6,11,13,19H,7-10,12H2,1-3H3. The average molecular weight is 325 g/mol. The molecule has 1 aliphatic heterocycles. The number of rotatable bonds is 4. The van der Waals surface area contributed by atoms with Crippen LogP contribution in [0.25, 0.3) is 0 Å². The molecule has 22 heavy (non-hydrogen) atoms. The van der Waals surface area contributed by atoms with Crippen LogP contribution in [0.4, 0.5) is 5.69 Å². The maximum atomic E-state index is 11.9. The van der Waals surface area contributed by atoms with E-state index < -0.39 is 5.41 Å². The van der Waals surface area contributed by atoms with Crippen molar-refractivity contribution in [2.45, 2.75) is 33.6 Å². The second kappa shape index (κ2) is 7.34. The first-order valence-corrected chi connectivity index (χ1v) is 8.19. The van der Waals surface area contributed by atoms with Gasteiger partial charge in [-0.05, 0) is 57.7 Å². The molecule has 5 heteroatoms. The molecule has 0 aromatic heterocycles. The lowest BCUT2D eigenvalue weighted by Crippen LogP contribution is -2.40.